The molecule has 0 atom stereocenters. The maximum absolute atomic E-state index is 4.31. The molecular formula is C30H24IrN3Se3. The summed E-state index contributed by atoms with van der Waals surface area (Å²) in [5, 5.41) is 3.69. The van der Waals surface area contributed by atoms with E-state index in [9.17, 15) is 0 Å². The molecule has 0 aliphatic carbocycles. The van der Waals surface area contributed by atoms with Crippen LogP contribution in [0.3, 0.4) is 0 Å². The largest absolute Gasteiger partial charge is 3.00 e. The Balaban J connectivity index is 0.000000152. The third kappa shape index (κ3) is 7.15. The summed E-state index contributed by atoms with van der Waals surface area (Å²) in [5.74, 6) is 0. The van der Waals surface area contributed by atoms with Crippen molar-refractivity contribution in [2.45, 2.75) is 20.8 Å². The molecule has 0 radical (unpaired) electrons. The van der Waals surface area contributed by atoms with Crippen LogP contribution in [0.4, 0.5) is 0 Å². The predicted molar refractivity (Wildman–Crippen MR) is 156 cm³/mol. The van der Waals surface area contributed by atoms with Crippen LogP contribution in [0.25, 0.3) is 32.7 Å². The van der Waals surface area contributed by atoms with Crippen LogP contribution in [0.5, 0.6) is 0 Å². The molecule has 37 heavy (non-hydrogen) atoms. The topological polar surface area (TPSA) is 38.7 Å². The predicted octanol–water partition coefficient (Wildman–Crippen LogP) is 4.01. The van der Waals surface area contributed by atoms with Gasteiger partial charge in [0.05, 0.1) is 0 Å². The molecule has 0 amide bonds. The van der Waals surface area contributed by atoms with Gasteiger partial charge in [0, 0.05) is 0 Å². The fourth-order valence-electron chi connectivity index (χ4n) is 3.86. The van der Waals surface area contributed by atoms with Gasteiger partial charge in [-0.25, -0.2) is 0 Å². The summed E-state index contributed by atoms with van der Waals surface area (Å²) in [5.41, 5.74) is 7.03. The second-order valence-electron chi connectivity index (χ2n) is 8.34. The number of benzene rings is 3. The third-order valence-corrected chi connectivity index (χ3v) is 7.93. The Bertz CT molecular complexity index is 1350. The number of hydrogen-bond donors (Lipinski definition) is 0. The first-order chi connectivity index (χ1) is 17.4. The molecule has 7 heteroatoms. The maximum Gasteiger partial charge on any atom is 3.00 e. The van der Waals surface area contributed by atoms with Gasteiger partial charge in [-0.2, -0.15) is 0 Å². The van der Waals surface area contributed by atoms with Crippen LogP contribution >= 0.6 is 0 Å². The molecular weight excluding hydrogens is 831 g/mol. The zero-order chi connectivity index (χ0) is 25.7. The van der Waals surface area contributed by atoms with E-state index in [4.69, 9.17) is 0 Å². The normalized spacial score (nSPS) is 10.1. The first kappa shape index (κ1) is 29.7. The molecule has 6 aromatic rings. The Morgan fingerprint density at radius 1 is 0.432 bits per heavy atom. The molecule has 186 valence electrons. The Hall–Kier alpha value is -1.90. The molecule has 6 rings (SSSR count). The summed E-state index contributed by atoms with van der Waals surface area (Å²) < 4.78 is 3.36. The zero-order valence-electron chi connectivity index (χ0n) is 20.6. The molecule has 3 aromatic carbocycles. The van der Waals surface area contributed by atoms with E-state index in [1.807, 2.05) is 73.2 Å². The first-order valence-corrected chi connectivity index (χ1v) is 14.0. The molecule has 0 bridgehead atoms. The molecule has 0 fully saturated rings. The Morgan fingerprint density at radius 3 is 0.946 bits per heavy atom. The van der Waals surface area contributed by atoms with Crippen LogP contribution in [-0.2, 0) is 20.1 Å². The van der Waals surface area contributed by atoms with Crippen molar-refractivity contribution in [1.29, 1.82) is 0 Å². The summed E-state index contributed by atoms with van der Waals surface area (Å²) >= 11 is 9.03. The van der Waals surface area contributed by atoms with E-state index in [1.54, 1.807) is 0 Å². The Labute approximate surface area is 256 Å². The van der Waals surface area contributed by atoms with Gasteiger partial charge in [0.15, 0.2) is 0 Å². The van der Waals surface area contributed by atoms with Crippen molar-refractivity contribution in [2.24, 2.45) is 0 Å². The van der Waals surface area contributed by atoms with Gasteiger partial charge >= 0.3 is 258 Å². The second-order valence-corrected chi connectivity index (χ2v) is 11.1. The van der Waals surface area contributed by atoms with Crippen molar-refractivity contribution in [3.63, 3.8) is 0 Å². The van der Waals surface area contributed by atoms with Gasteiger partial charge in [0.25, 0.3) is 0 Å². The summed E-state index contributed by atoms with van der Waals surface area (Å²) in [7, 11) is 0. The van der Waals surface area contributed by atoms with Crippen LogP contribution in [0, 0.1) is 20.8 Å². The van der Waals surface area contributed by atoms with Gasteiger partial charge in [-0.15, -0.1) is 0 Å². The minimum Gasteiger partial charge on any atom is 3.00 e. The van der Waals surface area contributed by atoms with Crippen LogP contribution in [0.1, 0.15) is 16.7 Å². The van der Waals surface area contributed by atoms with Crippen LogP contribution in [-0.4, -0.2) is 63.0 Å². The van der Waals surface area contributed by atoms with E-state index in [2.05, 4.69) is 102 Å². The number of aromatic nitrogens is 3. The number of pyridine rings is 3. The van der Waals surface area contributed by atoms with Crippen molar-refractivity contribution < 1.29 is 20.1 Å². The van der Waals surface area contributed by atoms with Crippen molar-refractivity contribution >= 4 is 94.1 Å². The van der Waals surface area contributed by atoms with Crippen LogP contribution in [0.15, 0.2) is 91.4 Å². The SMILES string of the molecule is Cc1ccnc2c([Se-])cccc12.Cc1ccnc2c([Se-])cccc12.Cc1ccnc2c([Se-])cccc12.[Ir+3]. The van der Waals surface area contributed by atoms with Crippen LogP contribution < -0.4 is 13.4 Å². The molecule has 0 saturated heterocycles. The third-order valence-electron chi connectivity index (χ3n) is 5.86. The van der Waals surface area contributed by atoms with E-state index >= 15 is 0 Å². The van der Waals surface area contributed by atoms with Crippen molar-refractivity contribution in [3.05, 3.63) is 108 Å². The molecule has 0 saturated carbocycles. The van der Waals surface area contributed by atoms with Gasteiger partial charge in [0.2, 0.25) is 0 Å². The van der Waals surface area contributed by atoms with Gasteiger partial charge in [-0.1, -0.05) is 0 Å². The maximum atomic E-state index is 4.31. The van der Waals surface area contributed by atoms with Gasteiger partial charge < -0.3 is 0 Å². The average Bonchev–Trinajstić information content (AvgIpc) is 2.87. The van der Waals surface area contributed by atoms with E-state index in [1.165, 1.54) is 32.8 Å². The molecule has 3 nitrogen and oxygen atoms in total. The van der Waals surface area contributed by atoms with Gasteiger partial charge in [-0.05, 0) is 0 Å². The monoisotopic (exact) mass is 859 g/mol. The second kappa shape index (κ2) is 13.8. The molecule has 3 heterocycles. The van der Waals surface area contributed by atoms with E-state index in [0.717, 1.165) is 29.9 Å². The van der Waals surface area contributed by atoms with E-state index in [-0.39, 0.29) is 20.1 Å². The smallest absolute Gasteiger partial charge is 3.00 e. The number of fused-ring (bicyclic) bond motifs is 3. The standard InChI is InChI=1S/3C10H9NSe.Ir/c3*1-7-5-6-11-10-8(7)3-2-4-9(10)12;/h3*2-6,12H,1H3;/q;;;+3/p-3. The number of rotatable bonds is 0. The summed E-state index contributed by atoms with van der Waals surface area (Å²) in [6.45, 7) is 6.30. The number of nitrogens with zero attached hydrogens (tertiary/aromatic N) is 3. The van der Waals surface area contributed by atoms with Crippen LogP contribution in [0.2, 0.25) is 0 Å². The fraction of sp³-hybridized carbons (Fsp3) is 0.100. The summed E-state index contributed by atoms with van der Waals surface area (Å²) in [6, 6.07) is 24.6. The number of para-hydroxylation sites is 3. The molecule has 0 aliphatic rings. The Morgan fingerprint density at radius 2 is 0.703 bits per heavy atom. The zero-order valence-corrected chi connectivity index (χ0v) is 28.1. The van der Waals surface area contributed by atoms with E-state index < -0.39 is 0 Å². The van der Waals surface area contributed by atoms with Crippen molar-refractivity contribution in [1.82, 2.24) is 15.0 Å². The molecule has 0 aliphatic heterocycles. The fourth-order valence-corrected chi connectivity index (χ4v) is 5.38. The number of hydrogen-bond acceptors (Lipinski definition) is 3. The van der Waals surface area contributed by atoms with Crippen molar-refractivity contribution in [2.75, 3.05) is 0 Å². The number of aryl methyl sites for hydroxylation is 3. The quantitative estimate of drug-likeness (QED) is 0.217. The summed E-state index contributed by atoms with van der Waals surface area (Å²) in [6.07, 6.45) is 5.54. The first-order valence-electron chi connectivity index (χ1n) is 11.4. The van der Waals surface area contributed by atoms with Gasteiger partial charge in [0.1, 0.15) is 0 Å². The molecule has 0 unspecified atom stereocenters. The minimum absolute atomic E-state index is 0. The van der Waals surface area contributed by atoms with Crippen molar-refractivity contribution in [3.8, 4) is 0 Å². The molecule has 0 spiro atoms. The Kier molecular flexibility index (Phi) is 11.0. The van der Waals surface area contributed by atoms with E-state index in [0.29, 0.717) is 0 Å². The van der Waals surface area contributed by atoms with Gasteiger partial charge in [-0.3, -0.25) is 0 Å². The molecule has 3 aromatic heterocycles. The summed E-state index contributed by atoms with van der Waals surface area (Å²) in [4.78, 5) is 12.9. The molecule has 0 N–H and O–H groups in total. The minimum atomic E-state index is 0. The average molecular weight is 856 g/mol.